The van der Waals surface area contributed by atoms with Crippen molar-refractivity contribution >= 4 is 27.3 Å². The van der Waals surface area contributed by atoms with Gasteiger partial charge in [0.1, 0.15) is 11.6 Å². The molecule has 0 saturated carbocycles. The van der Waals surface area contributed by atoms with Crippen LogP contribution in [0, 0.1) is 22.7 Å². The van der Waals surface area contributed by atoms with Gasteiger partial charge >= 0.3 is 0 Å². The summed E-state index contributed by atoms with van der Waals surface area (Å²) in [6.45, 7) is 0. The van der Waals surface area contributed by atoms with Gasteiger partial charge in [-0.1, -0.05) is 40.2 Å². The number of hydrogen-bond donors (Lipinski definition) is 2. The van der Waals surface area contributed by atoms with Gasteiger partial charge in [-0.2, -0.15) is 10.5 Å². The van der Waals surface area contributed by atoms with E-state index in [4.69, 9.17) is 5.73 Å². The average molecular weight is 390 g/mol. The first-order chi connectivity index (χ1) is 12.2. The molecule has 2 aromatic carbocycles. The maximum atomic E-state index is 9.85. The van der Waals surface area contributed by atoms with E-state index in [-0.39, 0.29) is 0 Å². The molecule has 2 aliphatic rings. The molecule has 0 spiro atoms. The molecular formula is C19H12BrN5. The minimum Gasteiger partial charge on any atom is -0.384 e. The molecule has 0 unspecified atom stereocenters. The summed E-state index contributed by atoms with van der Waals surface area (Å²) in [5.41, 5.74) is 9.76. The van der Waals surface area contributed by atoms with Gasteiger partial charge in [0, 0.05) is 4.47 Å². The van der Waals surface area contributed by atoms with Crippen molar-refractivity contribution in [1.29, 1.82) is 10.5 Å². The zero-order valence-corrected chi connectivity index (χ0v) is 14.6. The van der Waals surface area contributed by atoms with Crippen molar-refractivity contribution in [1.82, 2.24) is 0 Å². The quantitative estimate of drug-likeness (QED) is 0.771. The monoisotopic (exact) mass is 389 g/mol. The van der Waals surface area contributed by atoms with Gasteiger partial charge in [0.25, 0.3) is 0 Å². The Hall–Kier alpha value is -3.22. The van der Waals surface area contributed by atoms with Crippen LogP contribution in [0.2, 0.25) is 0 Å². The molecule has 0 amide bonds. The molecule has 0 bridgehead atoms. The van der Waals surface area contributed by atoms with Crippen LogP contribution < -0.4 is 16.0 Å². The zero-order valence-electron chi connectivity index (χ0n) is 13.0. The number of nitrogens with one attached hydrogen (secondary N) is 1. The highest BCUT2D eigenvalue weighted by atomic mass is 79.9. The molecule has 6 heteroatoms. The van der Waals surface area contributed by atoms with Gasteiger partial charge in [0.2, 0.25) is 0 Å². The Morgan fingerprint density at radius 3 is 2.36 bits per heavy atom. The minimum absolute atomic E-state index is 0.349. The number of benzene rings is 2. The third-order valence-corrected chi connectivity index (χ3v) is 4.94. The number of halogens is 1. The Kier molecular flexibility index (Phi) is 3.49. The van der Waals surface area contributed by atoms with Gasteiger partial charge in [0.15, 0.2) is 0 Å². The highest BCUT2D eigenvalue weighted by molar-refractivity contribution is 9.10. The fraction of sp³-hybridized carbons (Fsp3) is 0.0526. The fourth-order valence-electron chi connectivity index (χ4n) is 3.29. The lowest BCUT2D eigenvalue weighted by Gasteiger charge is -2.31. The Morgan fingerprint density at radius 1 is 1.00 bits per heavy atom. The molecule has 3 N–H and O–H groups in total. The topological polar surface area (TPSA) is 88.9 Å². The van der Waals surface area contributed by atoms with Crippen molar-refractivity contribution in [2.75, 3.05) is 10.2 Å². The number of nitrogens with two attached hydrogens (primary N) is 1. The van der Waals surface area contributed by atoms with Gasteiger partial charge in [-0.25, -0.2) is 0 Å². The van der Waals surface area contributed by atoms with Gasteiger partial charge in [-0.15, -0.1) is 0 Å². The molecule has 0 aliphatic carbocycles. The van der Waals surface area contributed by atoms with E-state index in [9.17, 15) is 10.5 Å². The molecule has 1 atom stereocenters. The van der Waals surface area contributed by atoms with Gasteiger partial charge in [-0.3, -0.25) is 4.90 Å². The summed E-state index contributed by atoms with van der Waals surface area (Å²) >= 11 is 3.41. The molecule has 25 heavy (non-hydrogen) atoms. The summed E-state index contributed by atoms with van der Waals surface area (Å²) in [6.07, 6.45) is 0. The summed E-state index contributed by atoms with van der Waals surface area (Å²) in [6, 6.07) is 19.7. The zero-order chi connectivity index (χ0) is 17.6. The summed E-state index contributed by atoms with van der Waals surface area (Å²) in [5, 5.41) is 22.9. The first-order valence-electron chi connectivity index (χ1n) is 7.61. The summed E-state index contributed by atoms with van der Waals surface area (Å²) in [5.74, 6) is 0.478. The number of fused-ring (bicyclic) bond motifs is 3. The fourth-order valence-corrected chi connectivity index (χ4v) is 3.56. The van der Waals surface area contributed by atoms with Crippen LogP contribution in [0.4, 0.5) is 11.4 Å². The maximum Gasteiger partial charge on any atom is 0.131 e. The third kappa shape index (κ3) is 2.20. The smallest absolute Gasteiger partial charge is 0.131 e. The molecule has 120 valence electrons. The van der Waals surface area contributed by atoms with Crippen molar-refractivity contribution in [3.8, 4) is 12.1 Å². The molecule has 0 saturated heterocycles. The van der Waals surface area contributed by atoms with Crippen LogP contribution in [-0.2, 0) is 0 Å². The van der Waals surface area contributed by atoms with Gasteiger partial charge in [-0.05, 0) is 29.8 Å². The second kappa shape index (κ2) is 5.70. The lowest BCUT2D eigenvalue weighted by molar-refractivity contribution is 0.868. The molecule has 4 rings (SSSR count). The normalized spacial score (nSPS) is 18.2. The molecule has 5 nitrogen and oxygen atoms in total. The maximum absolute atomic E-state index is 9.85. The number of nitrogens with zero attached hydrogens (tertiary/aromatic N) is 3. The number of anilines is 2. The molecule has 2 aromatic rings. The van der Waals surface area contributed by atoms with Crippen molar-refractivity contribution in [2.45, 2.75) is 5.92 Å². The van der Waals surface area contributed by atoms with E-state index >= 15 is 0 Å². The van der Waals surface area contributed by atoms with Crippen molar-refractivity contribution in [3.63, 3.8) is 0 Å². The van der Waals surface area contributed by atoms with Crippen LogP contribution in [0.1, 0.15) is 11.5 Å². The average Bonchev–Trinajstić information content (AvgIpc) is 3.02. The van der Waals surface area contributed by atoms with E-state index < -0.39 is 5.92 Å². The van der Waals surface area contributed by atoms with Crippen LogP contribution >= 0.6 is 15.9 Å². The summed E-state index contributed by atoms with van der Waals surface area (Å²) < 4.78 is 0.932. The van der Waals surface area contributed by atoms with E-state index in [1.165, 1.54) is 0 Å². The molecule has 2 heterocycles. The predicted octanol–water partition coefficient (Wildman–Crippen LogP) is 3.91. The van der Waals surface area contributed by atoms with Gasteiger partial charge in [0.05, 0.1) is 40.6 Å². The highest BCUT2D eigenvalue weighted by Crippen LogP contribution is 2.47. The third-order valence-electron chi connectivity index (χ3n) is 4.42. The predicted molar refractivity (Wildman–Crippen MR) is 98.9 cm³/mol. The molecule has 2 aliphatic heterocycles. The van der Waals surface area contributed by atoms with E-state index in [2.05, 4.69) is 33.4 Å². The first-order valence-corrected chi connectivity index (χ1v) is 8.40. The van der Waals surface area contributed by atoms with E-state index in [1.807, 2.05) is 48.5 Å². The van der Waals surface area contributed by atoms with Crippen LogP contribution in [0.25, 0.3) is 0 Å². The van der Waals surface area contributed by atoms with Crippen molar-refractivity contribution in [3.05, 3.63) is 81.4 Å². The van der Waals surface area contributed by atoms with Crippen LogP contribution in [0.15, 0.2) is 75.8 Å². The lowest BCUT2D eigenvalue weighted by Crippen LogP contribution is -2.34. The van der Waals surface area contributed by atoms with Gasteiger partial charge < -0.3 is 11.1 Å². The number of para-hydroxylation sites is 2. The highest BCUT2D eigenvalue weighted by Gasteiger charge is 2.39. The van der Waals surface area contributed by atoms with Crippen molar-refractivity contribution in [2.24, 2.45) is 5.73 Å². The van der Waals surface area contributed by atoms with E-state index in [0.29, 0.717) is 22.8 Å². The second-order valence-corrected chi connectivity index (χ2v) is 6.66. The molecule has 0 fully saturated rings. The lowest BCUT2D eigenvalue weighted by atomic mass is 9.83. The summed E-state index contributed by atoms with van der Waals surface area (Å²) in [7, 11) is 0. The molecule has 0 radical (unpaired) electrons. The van der Waals surface area contributed by atoms with Crippen LogP contribution in [0.3, 0.4) is 0 Å². The SMILES string of the molecule is N#CC1=C(N)N2C(=C(C#N)[C@@H]1c1ccc(Br)cc1)Nc1ccccc12. The van der Waals surface area contributed by atoms with E-state index in [1.54, 1.807) is 4.90 Å². The Labute approximate surface area is 153 Å². The Balaban J connectivity index is 1.96. The largest absolute Gasteiger partial charge is 0.384 e. The van der Waals surface area contributed by atoms with E-state index in [0.717, 1.165) is 21.4 Å². The molecule has 0 aromatic heterocycles. The second-order valence-electron chi connectivity index (χ2n) is 5.75. The van der Waals surface area contributed by atoms with Crippen LogP contribution in [0.5, 0.6) is 0 Å². The van der Waals surface area contributed by atoms with Crippen molar-refractivity contribution < 1.29 is 0 Å². The number of rotatable bonds is 1. The Morgan fingerprint density at radius 2 is 1.68 bits per heavy atom. The van der Waals surface area contributed by atoms with Crippen LogP contribution in [-0.4, -0.2) is 0 Å². The number of hydrogen-bond acceptors (Lipinski definition) is 5. The number of allylic oxidation sites excluding steroid dienone is 2. The molecular weight excluding hydrogens is 378 g/mol. The Bertz CT molecular complexity index is 1020. The number of nitriles is 2. The standard InChI is InChI=1S/C19H12BrN5/c20-12-7-5-11(6-8-12)17-13(9-21)18(23)25-16-4-2-1-3-15(16)24-19(25)14(17)10-22/h1-8,17,24H,23H2/t17-/m1/s1. The first kappa shape index (κ1) is 15.3. The minimum atomic E-state index is -0.490. The summed E-state index contributed by atoms with van der Waals surface area (Å²) in [4.78, 5) is 1.75.